The summed E-state index contributed by atoms with van der Waals surface area (Å²) < 4.78 is 0. The van der Waals surface area contributed by atoms with E-state index in [9.17, 15) is 0 Å². The van der Waals surface area contributed by atoms with Gasteiger partial charge in [0.15, 0.2) is 0 Å². The molecule has 1 atom stereocenters. The smallest absolute Gasteiger partial charge is 0.106 e. The molecule has 0 saturated carbocycles. The molecule has 0 aromatic carbocycles. The zero-order valence-electron chi connectivity index (χ0n) is 6.31. The molecule has 0 aromatic heterocycles. The predicted octanol–water partition coefficient (Wildman–Crippen LogP) is 1.27. The summed E-state index contributed by atoms with van der Waals surface area (Å²) in [7, 11) is 0. The third-order valence-corrected chi connectivity index (χ3v) is 1.82. The highest BCUT2D eigenvalue weighted by Gasteiger charge is 2.25. The van der Waals surface area contributed by atoms with Crippen molar-refractivity contribution in [2.45, 2.75) is 32.7 Å². The van der Waals surface area contributed by atoms with E-state index >= 15 is 0 Å². The molecule has 0 heterocycles. The molecule has 0 amide bonds. The van der Waals surface area contributed by atoms with Crippen molar-refractivity contribution in [1.29, 1.82) is 5.26 Å². The van der Waals surface area contributed by atoms with E-state index < -0.39 is 5.54 Å². The topological polar surface area (TPSA) is 49.8 Å². The Labute approximate surface area is 56.7 Å². The third kappa shape index (κ3) is 1.69. The SMILES string of the molecule is CCC(N)(C#N)C(C)C. The normalized spacial score (nSPS) is 16.9. The first-order valence-corrected chi connectivity index (χ1v) is 3.27. The Bertz CT molecular complexity index is 123. The standard InChI is InChI=1S/C7H14N2/c1-4-7(9,5-8)6(2)3/h6H,4,9H2,1-3H3. The highest BCUT2D eigenvalue weighted by Crippen LogP contribution is 2.15. The zero-order chi connectivity index (χ0) is 7.49. The molecule has 0 aliphatic heterocycles. The van der Waals surface area contributed by atoms with Crippen molar-refractivity contribution in [3.8, 4) is 6.07 Å². The van der Waals surface area contributed by atoms with E-state index in [4.69, 9.17) is 11.0 Å². The third-order valence-electron chi connectivity index (χ3n) is 1.82. The van der Waals surface area contributed by atoms with E-state index in [-0.39, 0.29) is 5.92 Å². The second-order valence-corrected chi connectivity index (χ2v) is 2.66. The second-order valence-electron chi connectivity index (χ2n) is 2.66. The number of rotatable bonds is 2. The van der Waals surface area contributed by atoms with E-state index in [0.717, 1.165) is 6.42 Å². The Kier molecular flexibility index (Phi) is 2.66. The number of hydrogen-bond donors (Lipinski definition) is 1. The lowest BCUT2D eigenvalue weighted by atomic mass is 9.87. The van der Waals surface area contributed by atoms with E-state index in [2.05, 4.69) is 6.07 Å². The van der Waals surface area contributed by atoms with Gasteiger partial charge < -0.3 is 5.73 Å². The Morgan fingerprint density at radius 2 is 2.11 bits per heavy atom. The summed E-state index contributed by atoms with van der Waals surface area (Å²) in [5.41, 5.74) is 5.07. The minimum atomic E-state index is -0.611. The fourth-order valence-corrected chi connectivity index (χ4v) is 0.616. The molecule has 0 spiro atoms. The summed E-state index contributed by atoms with van der Waals surface area (Å²) in [6, 6.07) is 2.11. The van der Waals surface area contributed by atoms with Gasteiger partial charge in [-0.25, -0.2) is 0 Å². The van der Waals surface area contributed by atoms with Gasteiger partial charge in [0.2, 0.25) is 0 Å². The lowest BCUT2D eigenvalue weighted by Crippen LogP contribution is -2.42. The van der Waals surface area contributed by atoms with Crippen LogP contribution in [0.25, 0.3) is 0 Å². The summed E-state index contributed by atoms with van der Waals surface area (Å²) in [6.07, 6.45) is 0.723. The molecule has 2 N–H and O–H groups in total. The molecule has 52 valence electrons. The average Bonchev–Trinajstić information content (AvgIpc) is 1.86. The van der Waals surface area contributed by atoms with Crippen LogP contribution in [0.15, 0.2) is 0 Å². The summed E-state index contributed by atoms with van der Waals surface area (Å²) in [6.45, 7) is 5.86. The van der Waals surface area contributed by atoms with Crippen LogP contribution in [0.2, 0.25) is 0 Å². The lowest BCUT2D eigenvalue weighted by molar-refractivity contribution is 0.384. The van der Waals surface area contributed by atoms with Crippen molar-refractivity contribution in [1.82, 2.24) is 0 Å². The Hall–Kier alpha value is -0.550. The molecule has 2 heteroatoms. The number of hydrogen-bond acceptors (Lipinski definition) is 2. The highest BCUT2D eigenvalue weighted by atomic mass is 14.7. The van der Waals surface area contributed by atoms with Crippen LogP contribution in [0.3, 0.4) is 0 Å². The molecule has 9 heavy (non-hydrogen) atoms. The molecule has 0 aliphatic carbocycles. The first kappa shape index (κ1) is 8.45. The van der Waals surface area contributed by atoms with Gasteiger partial charge in [-0.05, 0) is 12.3 Å². The number of nitrogens with two attached hydrogens (primary N) is 1. The molecule has 2 nitrogen and oxygen atoms in total. The maximum Gasteiger partial charge on any atom is 0.106 e. The van der Waals surface area contributed by atoms with Gasteiger partial charge in [-0.2, -0.15) is 5.26 Å². The second kappa shape index (κ2) is 2.84. The molecule has 0 fully saturated rings. The van der Waals surface area contributed by atoms with Crippen LogP contribution in [0.1, 0.15) is 27.2 Å². The lowest BCUT2D eigenvalue weighted by Gasteiger charge is -2.23. The number of nitriles is 1. The zero-order valence-corrected chi connectivity index (χ0v) is 6.31. The Balaban J connectivity index is 4.14. The fourth-order valence-electron chi connectivity index (χ4n) is 0.616. The maximum atomic E-state index is 8.58. The minimum Gasteiger partial charge on any atom is -0.313 e. The average molecular weight is 126 g/mol. The van der Waals surface area contributed by atoms with Gasteiger partial charge in [0.05, 0.1) is 6.07 Å². The highest BCUT2D eigenvalue weighted by molar-refractivity contribution is 5.05. The fraction of sp³-hybridized carbons (Fsp3) is 0.857. The van der Waals surface area contributed by atoms with Crippen LogP contribution >= 0.6 is 0 Å². The van der Waals surface area contributed by atoms with Crippen molar-refractivity contribution in [3.63, 3.8) is 0 Å². The van der Waals surface area contributed by atoms with Crippen LogP contribution in [-0.2, 0) is 0 Å². The van der Waals surface area contributed by atoms with Crippen LogP contribution in [0, 0.1) is 17.2 Å². The van der Waals surface area contributed by atoms with E-state index in [1.54, 1.807) is 0 Å². The molecule has 0 bridgehead atoms. The molecule has 0 rings (SSSR count). The molecule has 0 radical (unpaired) electrons. The summed E-state index contributed by atoms with van der Waals surface area (Å²) in [5.74, 6) is 0.243. The van der Waals surface area contributed by atoms with Gasteiger partial charge in [-0.1, -0.05) is 20.8 Å². The van der Waals surface area contributed by atoms with Gasteiger partial charge in [0.1, 0.15) is 5.54 Å². The molecular weight excluding hydrogens is 112 g/mol. The minimum absolute atomic E-state index is 0.243. The van der Waals surface area contributed by atoms with Gasteiger partial charge >= 0.3 is 0 Å². The van der Waals surface area contributed by atoms with Crippen molar-refractivity contribution in [2.75, 3.05) is 0 Å². The van der Waals surface area contributed by atoms with Crippen LogP contribution in [0.5, 0.6) is 0 Å². The van der Waals surface area contributed by atoms with Gasteiger partial charge in [-0.3, -0.25) is 0 Å². The molecule has 0 aromatic rings. The van der Waals surface area contributed by atoms with Crippen molar-refractivity contribution in [2.24, 2.45) is 11.7 Å². The summed E-state index contributed by atoms with van der Waals surface area (Å²) in [4.78, 5) is 0. The van der Waals surface area contributed by atoms with E-state index in [1.165, 1.54) is 0 Å². The van der Waals surface area contributed by atoms with Gasteiger partial charge in [0.25, 0.3) is 0 Å². The molecule has 0 aliphatic rings. The van der Waals surface area contributed by atoms with Crippen molar-refractivity contribution >= 4 is 0 Å². The first-order chi connectivity index (χ1) is 4.06. The van der Waals surface area contributed by atoms with Crippen LogP contribution in [0.4, 0.5) is 0 Å². The summed E-state index contributed by atoms with van der Waals surface area (Å²) in [5, 5.41) is 8.58. The van der Waals surface area contributed by atoms with Crippen molar-refractivity contribution < 1.29 is 0 Å². The summed E-state index contributed by atoms with van der Waals surface area (Å²) >= 11 is 0. The van der Waals surface area contributed by atoms with Crippen LogP contribution < -0.4 is 5.73 Å². The molecule has 1 unspecified atom stereocenters. The Morgan fingerprint density at radius 3 is 2.11 bits per heavy atom. The largest absolute Gasteiger partial charge is 0.313 e. The molecular formula is C7H14N2. The van der Waals surface area contributed by atoms with E-state index in [1.807, 2.05) is 20.8 Å². The first-order valence-electron chi connectivity index (χ1n) is 3.27. The number of nitrogens with zero attached hydrogens (tertiary/aromatic N) is 1. The van der Waals surface area contributed by atoms with Gasteiger partial charge in [-0.15, -0.1) is 0 Å². The molecule has 0 saturated heterocycles. The van der Waals surface area contributed by atoms with Gasteiger partial charge in [0, 0.05) is 0 Å². The van der Waals surface area contributed by atoms with Crippen LogP contribution in [-0.4, -0.2) is 5.54 Å². The van der Waals surface area contributed by atoms with Crippen molar-refractivity contribution in [3.05, 3.63) is 0 Å². The van der Waals surface area contributed by atoms with E-state index in [0.29, 0.717) is 0 Å². The predicted molar refractivity (Wildman–Crippen MR) is 37.7 cm³/mol. The monoisotopic (exact) mass is 126 g/mol. The Morgan fingerprint density at radius 1 is 1.67 bits per heavy atom. The maximum absolute atomic E-state index is 8.58. The quantitative estimate of drug-likeness (QED) is 0.605.